The Bertz CT molecular complexity index is 824. The summed E-state index contributed by atoms with van der Waals surface area (Å²) in [6.45, 7) is 1.28. The fourth-order valence-electron chi connectivity index (χ4n) is 2.76. The highest BCUT2D eigenvalue weighted by atomic mass is 32.2. The van der Waals surface area contributed by atoms with Crippen molar-refractivity contribution in [3.63, 3.8) is 0 Å². The van der Waals surface area contributed by atoms with Gasteiger partial charge in [0.1, 0.15) is 0 Å². The fraction of sp³-hybridized carbons (Fsp3) is 0.312. The van der Waals surface area contributed by atoms with Crippen molar-refractivity contribution in [3.8, 4) is 0 Å². The summed E-state index contributed by atoms with van der Waals surface area (Å²) in [6.07, 6.45) is 0.741. The summed E-state index contributed by atoms with van der Waals surface area (Å²) in [6, 6.07) is 13.8. The molecule has 1 aliphatic heterocycles. The van der Waals surface area contributed by atoms with E-state index in [9.17, 15) is 13.2 Å². The molecule has 2 heterocycles. The number of pyridine rings is 1. The van der Waals surface area contributed by atoms with Crippen LogP contribution in [0.1, 0.15) is 12.0 Å². The molecule has 0 aliphatic carbocycles. The average Bonchev–Trinajstić information content (AvgIpc) is 3.04. The smallest absolute Gasteiger partial charge is 0.256 e. The molecule has 1 aromatic heterocycles. The molecule has 1 fully saturated rings. The Morgan fingerprint density at radius 1 is 1.13 bits per heavy atom. The molecule has 2 aromatic rings. The summed E-state index contributed by atoms with van der Waals surface area (Å²) in [7, 11) is -3.78. The Morgan fingerprint density at radius 3 is 2.57 bits per heavy atom. The van der Waals surface area contributed by atoms with Gasteiger partial charge in [-0.3, -0.25) is 4.79 Å². The van der Waals surface area contributed by atoms with Crippen molar-refractivity contribution in [2.75, 3.05) is 19.8 Å². The first-order chi connectivity index (χ1) is 11.0. The zero-order chi connectivity index (χ0) is 16.3. The molecule has 0 amide bonds. The maximum atomic E-state index is 12.4. The van der Waals surface area contributed by atoms with E-state index in [1.807, 2.05) is 30.3 Å². The van der Waals surface area contributed by atoms with Crippen molar-refractivity contribution in [2.45, 2.75) is 16.9 Å². The zero-order valence-corrected chi connectivity index (χ0v) is 13.3. The highest BCUT2D eigenvalue weighted by Crippen LogP contribution is 2.32. The van der Waals surface area contributed by atoms with Crippen LogP contribution in [-0.2, 0) is 20.2 Å². The topological polar surface area (TPSA) is 88.3 Å². The van der Waals surface area contributed by atoms with Crippen molar-refractivity contribution in [1.82, 2.24) is 9.71 Å². The van der Waals surface area contributed by atoms with Gasteiger partial charge in [-0.2, -0.15) is 0 Å². The summed E-state index contributed by atoms with van der Waals surface area (Å²) < 4.78 is 32.9. The Balaban J connectivity index is 1.84. The Morgan fingerprint density at radius 2 is 1.91 bits per heavy atom. The highest BCUT2D eigenvalue weighted by Gasteiger charge is 2.37. The van der Waals surface area contributed by atoms with Crippen LogP contribution in [0.15, 0.2) is 58.4 Å². The third-order valence-corrected chi connectivity index (χ3v) is 5.46. The average molecular weight is 334 g/mol. The van der Waals surface area contributed by atoms with Crippen molar-refractivity contribution in [1.29, 1.82) is 0 Å². The summed E-state index contributed by atoms with van der Waals surface area (Å²) >= 11 is 0. The first-order valence-corrected chi connectivity index (χ1v) is 8.83. The summed E-state index contributed by atoms with van der Waals surface area (Å²) in [5.41, 5.74) is 0.209. The molecule has 1 unspecified atom stereocenters. The largest absolute Gasteiger partial charge is 0.380 e. The van der Waals surface area contributed by atoms with Crippen LogP contribution in [0.4, 0.5) is 0 Å². The van der Waals surface area contributed by atoms with Gasteiger partial charge in [0.2, 0.25) is 5.56 Å². The van der Waals surface area contributed by atoms with Crippen LogP contribution in [0.3, 0.4) is 0 Å². The van der Waals surface area contributed by atoms with E-state index in [0.717, 1.165) is 12.0 Å². The number of ether oxygens (including phenoxy) is 1. The van der Waals surface area contributed by atoms with Crippen molar-refractivity contribution in [2.24, 2.45) is 0 Å². The van der Waals surface area contributed by atoms with Gasteiger partial charge in [-0.25, -0.2) is 13.1 Å². The first kappa shape index (κ1) is 15.9. The van der Waals surface area contributed by atoms with E-state index in [0.29, 0.717) is 13.2 Å². The molecule has 122 valence electrons. The van der Waals surface area contributed by atoms with Gasteiger partial charge in [-0.05, 0) is 18.1 Å². The monoisotopic (exact) mass is 334 g/mol. The normalized spacial score (nSPS) is 21.4. The third kappa shape index (κ3) is 3.36. The summed E-state index contributed by atoms with van der Waals surface area (Å²) in [5.74, 6) is 0. The first-order valence-electron chi connectivity index (χ1n) is 7.34. The SMILES string of the molecule is O=c1cccc(S(=O)(=O)NCC2(c3ccccc3)CCOC2)[nH]1. The van der Waals surface area contributed by atoms with E-state index in [1.54, 1.807) is 0 Å². The Labute approximate surface area is 134 Å². The standard InChI is InChI=1S/C16H18N2O4S/c19-14-7-4-8-15(18-14)23(20,21)17-11-16(9-10-22-12-16)13-5-2-1-3-6-13/h1-8,17H,9-12H2,(H,18,19). The summed E-state index contributed by atoms with van der Waals surface area (Å²) in [5, 5.41) is -0.132. The number of hydrogen-bond acceptors (Lipinski definition) is 4. The van der Waals surface area contributed by atoms with Crippen LogP contribution in [0.2, 0.25) is 0 Å². The minimum absolute atomic E-state index is 0.132. The molecule has 1 aromatic carbocycles. The molecule has 0 radical (unpaired) electrons. The molecule has 2 N–H and O–H groups in total. The number of hydrogen-bond donors (Lipinski definition) is 2. The molecule has 0 spiro atoms. The lowest BCUT2D eigenvalue weighted by Gasteiger charge is -2.28. The Hall–Kier alpha value is -1.96. The molecule has 7 heteroatoms. The van der Waals surface area contributed by atoms with Crippen LogP contribution in [0, 0.1) is 0 Å². The zero-order valence-electron chi connectivity index (χ0n) is 12.5. The highest BCUT2D eigenvalue weighted by molar-refractivity contribution is 7.89. The van der Waals surface area contributed by atoms with E-state index in [-0.39, 0.29) is 17.0 Å². The van der Waals surface area contributed by atoms with Crippen LogP contribution in [0.25, 0.3) is 0 Å². The van der Waals surface area contributed by atoms with Gasteiger partial charge in [0.05, 0.1) is 6.61 Å². The van der Waals surface area contributed by atoms with Crippen LogP contribution >= 0.6 is 0 Å². The van der Waals surface area contributed by atoms with Crippen molar-refractivity contribution < 1.29 is 13.2 Å². The molecule has 0 bridgehead atoms. The minimum atomic E-state index is -3.78. The van der Waals surface area contributed by atoms with Crippen molar-refractivity contribution in [3.05, 3.63) is 64.4 Å². The molecule has 0 saturated carbocycles. The second kappa shape index (κ2) is 6.27. The van der Waals surface area contributed by atoms with Gasteiger partial charge in [0.15, 0.2) is 5.03 Å². The predicted octanol–water partition coefficient (Wildman–Crippen LogP) is 1.01. The van der Waals surface area contributed by atoms with E-state index >= 15 is 0 Å². The molecule has 23 heavy (non-hydrogen) atoms. The molecule has 3 rings (SSSR count). The number of aromatic nitrogens is 1. The number of rotatable bonds is 5. The number of H-pyrrole nitrogens is 1. The number of sulfonamides is 1. The minimum Gasteiger partial charge on any atom is -0.380 e. The quantitative estimate of drug-likeness (QED) is 0.854. The van der Waals surface area contributed by atoms with Crippen LogP contribution < -0.4 is 10.3 Å². The molecular formula is C16H18N2O4S. The van der Waals surface area contributed by atoms with Crippen molar-refractivity contribution >= 4 is 10.0 Å². The maximum Gasteiger partial charge on any atom is 0.256 e. The summed E-state index contributed by atoms with van der Waals surface area (Å²) in [4.78, 5) is 13.7. The van der Waals surface area contributed by atoms with E-state index in [1.165, 1.54) is 18.2 Å². The molecular weight excluding hydrogens is 316 g/mol. The van der Waals surface area contributed by atoms with Crippen LogP contribution in [0.5, 0.6) is 0 Å². The second-order valence-corrected chi connectivity index (χ2v) is 7.39. The maximum absolute atomic E-state index is 12.4. The molecule has 1 saturated heterocycles. The molecule has 1 aliphatic rings. The van der Waals surface area contributed by atoms with Gasteiger partial charge >= 0.3 is 0 Å². The lowest BCUT2D eigenvalue weighted by Crippen LogP contribution is -2.41. The molecule has 6 nitrogen and oxygen atoms in total. The lowest BCUT2D eigenvalue weighted by molar-refractivity contribution is 0.177. The number of nitrogens with one attached hydrogen (secondary N) is 2. The van der Waals surface area contributed by atoms with E-state index in [2.05, 4.69) is 9.71 Å². The van der Waals surface area contributed by atoms with Gasteiger partial charge in [0, 0.05) is 24.6 Å². The van der Waals surface area contributed by atoms with E-state index in [4.69, 9.17) is 4.74 Å². The third-order valence-electron chi connectivity index (χ3n) is 4.12. The number of aromatic amines is 1. The lowest BCUT2D eigenvalue weighted by atomic mass is 9.80. The van der Waals surface area contributed by atoms with Gasteiger partial charge in [-0.1, -0.05) is 36.4 Å². The predicted molar refractivity (Wildman–Crippen MR) is 85.8 cm³/mol. The second-order valence-electron chi connectivity index (χ2n) is 5.65. The fourth-order valence-corrected chi connectivity index (χ4v) is 3.88. The van der Waals surface area contributed by atoms with Gasteiger partial charge in [-0.15, -0.1) is 0 Å². The molecule has 1 atom stereocenters. The van der Waals surface area contributed by atoms with Crippen LogP contribution in [-0.4, -0.2) is 33.2 Å². The van der Waals surface area contributed by atoms with E-state index < -0.39 is 15.6 Å². The van der Waals surface area contributed by atoms with Gasteiger partial charge < -0.3 is 9.72 Å². The Kier molecular flexibility index (Phi) is 4.34. The number of benzene rings is 1. The van der Waals surface area contributed by atoms with Gasteiger partial charge in [0.25, 0.3) is 10.0 Å².